The van der Waals surface area contributed by atoms with Crippen LogP contribution in [-0.4, -0.2) is 80.1 Å². The summed E-state index contributed by atoms with van der Waals surface area (Å²) >= 11 is 0. The summed E-state index contributed by atoms with van der Waals surface area (Å²) in [5, 5.41) is 3.42. The van der Waals surface area contributed by atoms with E-state index >= 15 is 0 Å². The fourth-order valence-corrected chi connectivity index (χ4v) is 3.63. The molecule has 6 nitrogen and oxygen atoms in total. The molecule has 0 radical (unpaired) electrons. The summed E-state index contributed by atoms with van der Waals surface area (Å²) in [4.78, 5) is 24.0. The number of amides is 1. The van der Waals surface area contributed by atoms with Gasteiger partial charge in [-0.05, 0) is 51.0 Å². The Morgan fingerprint density at radius 1 is 1.15 bits per heavy atom. The second-order valence-corrected chi connectivity index (χ2v) is 7.24. The van der Waals surface area contributed by atoms with E-state index in [9.17, 15) is 4.79 Å². The SMILES string of the molecule is CCNCC1CCN(C(=O)c2ccnc(N3CCN(C)CC3)c2)CC1.Cl.Cl. The molecule has 8 heteroatoms. The van der Waals surface area contributed by atoms with E-state index < -0.39 is 0 Å². The summed E-state index contributed by atoms with van der Waals surface area (Å²) in [6, 6.07) is 3.82. The number of piperidine rings is 1. The van der Waals surface area contributed by atoms with Crippen LogP contribution in [-0.2, 0) is 0 Å². The summed E-state index contributed by atoms with van der Waals surface area (Å²) < 4.78 is 0. The van der Waals surface area contributed by atoms with Crippen LogP contribution in [0, 0.1) is 5.92 Å². The Bertz CT molecular complexity index is 573. The Morgan fingerprint density at radius 2 is 1.81 bits per heavy atom. The van der Waals surface area contributed by atoms with Crippen LogP contribution in [0.1, 0.15) is 30.1 Å². The lowest BCUT2D eigenvalue weighted by Crippen LogP contribution is -2.45. The van der Waals surface area contributed by atoms with Crippen molar-refractivity contribution in [3.8, 4) is 0 Å². The third-order valence-corrected chi connectivity index (χ3v) is 5.40. The van der Waals surface area contributed by atoms with Crippen LogP contribution in [0.5, 0.6) is 0 Å². The summed E-state index contributed by atoms with van der Waals surface area (Å²) in [6.45, 7) is 9.97. The Morgan fingerprint density at radius 3 is 2.44 bits per heavy atom. The third kappa shape index (κ3) is 6.49. The van der Waals surface area contributed by atoms with Crippen LogP contribution < -0.4 is 10.2 Å². The molecule has 1 amide bonds. The number of piperazine rings is 1. The van der Waals surface area contributed by atoms with E-state index in [2.05, 4.69) is 34.1 Å². The molecule has 2 aliphatic rings. The van der Waals surface area contributed by atoms with E-state index in [0.717, 1.165) is 76.6 Å². The Kier molecular flexibility index (Phi) is 10.4. The minimum atomic E-state index is 0. The van der Waals surface area contributed by atoms with Crippen molar-refractivity contribution in [1.82, 2.24) is 20.1 Å². The summed E-state index contributed by atoms with van der Waals surface area (Å²) in [7, 11) is 2.14. The normalized spacial score (nSPS) is 18.6. The van der Waals surface area contributed by atoms with Crippen LogP contribution >= 0.6 is 24.8 Å². The van der Waals surface area contributed by atoms with Gasteiger partial charge >= 0.3 is 0 Å². The molecule has 0 aliphatic carbocycles. The van der Waals surface area contributed by atoms with Gasteiger partial charge in [0, 0.05) is 51.0 Å². The third-order valence-electron chi connectivity index (χ3n) is 5.40. The van der Waals surface area contributed by atoms with Crippen molar-refractivity contribution in [3.05, 3.63) is 23.9 Å². The number of aromatic nitrogens is 1. The molecule has 0 saturated carbocycles. The van der Waals surface area contributed by atoms with E-state index in [1.165, 1.54) is 0 Å². The topological polar surface area (TPSA) is 51.7 Å². The number of carbonyl (C=O) groups excluding carboxylic acids is 1. The predicted molar refractivity (Wildman–Crippen MR) is 116 cm³/mol. The molecule has 27 heavy (non-hydrogen) atoms. The molecule has 0 atom stereocenters. The maximum Gasteiger partial charge on any atom is 0.254 e. The van der Waals surface area contributed by atoms with E-state index in [4.69, 9.17) is 0 Å². The van der Waals surface area contributed by atoms with Gasteiger partial charge in [0.2, 0.25) is 0 Å². The van der Waals surface area contributed by atoms with Gasteiger partial charge in [-0.25, -0.2) is 4.98 Å². The lowest BCUT2D eigenvalue weighted by molar-refractivity contribution is 0.0690. The minimum Gasteiger partial charge on any atom is -0.354 e. The molecule has 2 fully saturated rings. The highest BCUT2D eigenvalue weighted by molar-refractivity contribution is 5.95. The standard InChI is InChI=1S/C19H31N5O.2ClH/c1-3-20-15-16-5-8-24(9-6-16)19(25)17-4-7-21-18(14-17)23-12-10-22(2)11-13-23;;/h4,7,14,16,20H,3,5-6,8-13,15H2,1-2H3;2*1H. The molecule has 1 aromatic rings. The first-order chi connectivity index (χ1) is 12.2. The Hall–Kier alpha value is -1.08. The van der Waals surface area contributed by atoms with Gasteiger partial charge in [0.05, 0.1) is 0 Å². The monoisotopic (exact) mass is 417 g/mol. The fraction of sp³-hybridized carbons (Fsp3) is 0.684. The van der Waals surface area contributed by atoms with Gasteiger partial charge in [-0.2, -0.15) is 0 Å². The van der Waals surface area contributed by atoms with Gasteiger partial charge in [0.25, 0.3) is 5.91 Å². The van der Waals surface area contributed by atoms with Crippen LogP contribution in [0.3, 0.4) is 0 Å². The molecule has 0 spiro atoms. The largest absolute Gasteiger partial charge is 0.354 e. The molecule has 0 aromatic carbocycles. The maximum atomic E-state index is 12.9. The highest BCUT2D eigenvalue weighted by Gasteiger charge is 2.24. The second-order valence-electron chi connectivity index (χ2n) is 7.24. The van der Waals surface area contributed by atoms with Gasteiger partial charge < -0.3 is 20.0 Å². The number of carbonyl (C=O) groups is 1. The van der Waals surface area contributed by atoms with E-state index in [1.807, 2.05) is 17.0 Å². The first-order valence-corrected chi connectivity index (χ1v) is 9.57. The fourth-order valence-electron chi connectivity index (χ4n) is 3.63. The number of hydrogen-bond acceptors (Lipinski definition) is 5. The zero-order valence-corrected chi connectivity index (χ0v) is 18.0. The Labute approximate surface area is 175 Å². The van der Waals surface area contributed by atoms with Crippen molar-refractivity contribution < 1.29 is 4.79 Å². The van der Waals surface area contributed by atoms with E-state index in [-0.39, 0.29) is 30.7 Å². The number of nitrogens with one attached hydrogen (secondary N) is 1. The quantitative estimate of drug-likeness (QED) is 0.794. The van der Waals surface area contributed by atoms with Gasteiger partial charge in [-0.3, -0.25) is 4.79 Å². The van der Waals surface area contributed by atoms with Crippen LogP contribution in [0.25, 0.3) is 0 Å². The molecule has 3 heterocycles. The molecule has 2 saturated heterocycles. The Balaban J connectivity index is 0.00000182. The van der Waals surface area contributed by atoms with Gasteiger partial charge in [-0.1, -0.05) is 6.92 Å². The number of likely N-dealkylation sites (tertiary alicyclic amines) is 1. The number of anilines is 1. The van der Waals surface area contributed by atoms with Crippen LogP contribution in [0.15, 0.2) is 18.3 Å². The van der Waals surface area contributed by atoms with Crippen molar-refractivity contribution in [2.75, 3.05) is 64.3 Å². The highest BCUT2D eigenvalue weighted by Crippen LogP contribution is 2.20. The molecule has 1 aromatic heterocycles. The smallest absolute Gasteiger partial charge is 0.254 e. The van der Waals surface area contributed by atoms with Crippen LogP contribution in [0.2, 0.25) is 0 Å². The highest BCUT2D eigenvalue weighted by atomic mass is 35.5. The van der Waals surface area contributed by atoms with Crippen molar-refractivity contribution in [1.29, 1.82) is 0 Å². The summed E-state index contributed by atoms with van der Waals surface area (Å²) in [5.41, 5.74) is 0.772. The van der Waals surface area contributed by atoms with E-state index in [1.54, 1.807) is 6.20 Å². The predicted octanol–water partition coefficient (Wildman–Crippen LogP) is 2.14. The van der Waals surface area contributed by atoms with Crippen molar-refractivity contribution >= 4 is 36.5 Å². The van der Waals surface area contributed by atoms with Gasteiger partial charge in [0.1, 0.15) is 5.82 Å². The lowest BCUT2D eigenvalue weighted by Gasteiger charge is -2.34. The minimum absolute atomic E-state index is 0. The average Bonchev–Trinajstić information content (AvgIpc) is 2.67. The molecular formula is C19H33Cl2N5O. The number of likely N-dealkylation sites (N-methyl/N-ethyl adjacent to an activating group) is 1. The van der Waals surface area contributed by atoms with Crippen molar-refractivity contribution in [2.24, 2.45) is 5.92 Å². The summed E-state index contributed by atoms with van der Waals surface area (Å²) in [6.07, 6.45) is 3.96. The zero-order chi connectivity index (χ0) is 17.6. The number of rotatable bonds is 5. The first kappa shape index (κ1) is 24.0. The zero-order valence-electron chi connectivity index (χ0n) is 16.4. The number of nitrogens with zero attached hydrogens (tertiary/aromatic N) is 4. The maximum absolute atomic E-state index is 12.9. The first-order valence-electron chi connectivity index (χ1n) is 9.57. The second kappa shape index (κ2) is 11.7. The van der Waals surface area contributed by atoms with Gasteiger partial charge in [-0.15, -0.1) is 24.8 Å². The molecule has 3 rings (SSSR count). The number of halogens is 2. The van der Waals surface area contributed by atoms with Crippen LogP contribution in [0.4, 0.5) is 5.82 Å². The van der Waals surface area contributed by atoms with Crippen molar-refractivity contribution in [2.45, 2.75) is 19.8 Å². The molecular weight excluding hydrogens is 385 g/mol. The molecule has 2 aliphatic heterocycles. The molecule has 0 unspecified atom stereocenters. The van der Waals surface area contributed by atoms with E-state index in [0.29, 0.717) is 5.92 Å². The summed E-state index contributed by atoms with van der Waals surface area (Å²) in [5.74, 6) is 1.78. The number of hydrogen-bond donors (Lipinski definition) is 1. The average molecular weight is 418 g/mol. The molecule has 0 bridgehead atoms. The molecule has 154 valence electrons. The van der Waals surface area contributed by atoms with Gasteiger partial charge in [0.15, 0.2) is 0 Å². The number of pyridine rings is 1. The molecule has 1 N–H and O–H groups in total. The van der Waals surface area contributed by atoms with Crippen molar-refractivity contribution in [3.63, 3.8) is 0 Å². The lowest BCUT2D eigenvalue weighted by atomic mass is 9.96.